The van der Waals surface area contributed by atoms with Gasteiger partial charge >= 0.3 is 0 Å². The fourth-order valence-electron chi connectivity index (χ4n) is 1.21. The molecule has 0 saturated heterocycles. The molecule has 2 heteroatoms. The van der Waals surface area contributed by atoms with Gasteiger partial charge in [0.15, 0.2) is 0 Å². The van der Waals surface area contributed by atoms with Gasteiger partial charge in [0.1, 0.15) is 5.60 Å². The van der Waals surface area contributed by atoms with Crippen LogP contribution in [0.15, 0.2) is 24.3 Å². The van der Waals surface area contributed by atoms with Gasteiger partial charge in [-0.3, -0.25) is 0 Å². The normalized spacial score (nSPS) is 13.7. The fraction of sp³-hybridized carbons (Fsp3) is 0.250. The van der Waals surface area contributed by atoms with Crippen LogP contribution < -0.4 is 0 Å². The van der Waals surface area contributed by atoms with Crippen LogP contribution in [0.25, 0.3) is 0 Å². The number of aliphatic hydroxyl groups is 1. The van der Waals surface area contributed by atoms with E-state index in [2.05, 4.69) is 12.0 Å². The van der Waals surface area contributed by atoms with Crippen LogP contribution in [0.4, 0.5) is 0 Å². The second kappa shape index (κ2) is 3.96. The van der Waals surface area contributed by atoms with Crippen LogP contribution in [0.5, 0.6) is 0 Å². The van der Waals surface area contributed by atoms with Gasteiger partial charge in [-0.1, -0.05) is 24.1 Å². The Morgan fingerprint density at radius 2 is 2.14 bits per heavy atom. The molecular weight excluding hydrogens is 174 g/mol. The summed E-state index contributed by atoms with van der Waals surface area (Å²) in [4.78, 5) is 0. The van der Waals surface area contributed by atoms with E-state index in [0.717, 1.165) is 5.56 Å². The van der Waals surface area contributed by atoms with Gasteiger partial charge in [0, 0.05) is 6.42 Å². The first-order valence-corrected chi connectivity index (χ1v) is 4.27. The summed E-state index contributed by atoms with van der Waals surface area (Å²) in [5.41, 5.74) is 0.147. The lowest BCUT2D eigenvalue weighted by Crippen LogP contribution is -2.24. The van der Waals surface area contributed by atoms with Crippen LogP contribution in [-0.4, -0.2) is 10.7 Å². The molecule has 1 aromatic carbocycles. The maximum atomic E-state index is 9.65. The predicted octanol–water partition coefficient (Wildman–Crippen LogP) is 1.48. The highest BCUT2D eigenvalue weighted by Crippen LogP contribution is 2.15. The fourth-order valence-corrected chi connectivity index (χ4v) is 1.21. The highest BCUT2D eigenvalue weighted by molar-refractivity contribution is 5.38. The largest absolute Gasteiger partial charge is 0.378 e. The lowest BCUT2D eigenvalue weighted by Gasteiger charge is -2.16. The van der Waals surface area contributed by atoms with Crippen LogP contribution >= 0.6 is 0 Å². The molecule has 1 N–H and O–H groups in total. The Labute approximate surface area is 83.8 Å². The number of nitriles is 1. The summed E-state index contributed by atoms with van der Waals surface area (Å²) in [5, 5.41) is 18.5. The number of hydrogen-bond donors (Lipinski definition) is 1. The van der Waals surface area contributed by atoms with Gasteiger partial charge in [0.05, 0.1) is 11.6 Å². The molecule has 0 bridgehead atoms. The van der Waals surface area contributed by atoms with Crippen molar-refractivity contribution in [2.45, 2.75) is 18.9 Å². The zero-order chi connectivity index (χ0) is 10.6. The summed E-state index contributed by atoms with van der Waals surface area (Å²) >= 11 is 0. The van der Waals surface area contributed by atoms with Crippen molar-refractivity contribution in [3.05, 3.63) is 35.4 Å². The first-order valence-electron chi connectivity index (χ1n) is 4.27. The average molecular weight is 185 g/mol. The van der Waals surface area contributed by atoms with Crippen LogP contribution in [0.3, 0.4) is 0 Å². The minimum absolute atomic E-state index is 0.299. The van der Waals surface area contributed by atoms with Crippen molar-refractivity contribution < 1.29 is 5.11 Å². The highest BCUT2D eigenvalue weighted by atomic mass is 16.3. The SMILES string of the molecule is C#CC(C)(O)Cc1ccccc1C#N. The summed E-state index contributed by atoms with van der Waals surface area (Å²) in [5.74, 6) is 2.29. The Morgan fingerprint density at radius 1 is 1.50 bits per heavy atom. The summed E-state index contributed by atoms with van der Waals surface area (Å²) in [6, 6.07) is 9.18. The van der Waals surface area contributed by atoms with Gasteiger partial charge in [-0.2, -0.15) is 5.26 Å². The minimum Gasteiger partial charge on any atom is -0.378 e. The molecule has 0 radical (unpaired) electrons. The Hall–Kier alpha value is -1.77. The molecule has 0 fully saturated rings. The van der Waals surface area contributed by atoms with Crippen LogP contribution in [-0.2, 0) is 6.42 Å². The third-order valence-electron chi connectivity index (χ3n) is 1.98. The van der Waals surface area contributed by atoms with Crippen LogP contribution in [0, 0.1) is 23.7 Å². The van der Waals surface area contributed by atoms with Crippen molar-refractivity contribution in [3.8, 4) is 18.4 Å². The summed E-state index contributed by atoms with van der Waals surface area (Å²) in [7, 11) is 0. The van der Waals surface area contributed by atoms with Gasteiger partial charge in [-0.25, -0.2) is 0 Å². The monoisotopic (exact) mass is 185 g/mol. The topological polar surface area (TPSA) is 44.0 Å². The molecule has 0 aromatic heterocycles. The zero-order valence-corrected chi connectivity index (χ0v) is 7.99. The quantitative estimate of drug-likeness (QED) is 0.709. The molecule has 0 aliphatic heterocycles. The van der Waals surface area contributed by atoms with Crippen molar-refractivity contribution in [1.29, 1.82) is 5.26 Å². The first-order chi connectivity index (χ1) is 6.59. The Morgan fingerprint density at radius 3 is 2.71 bits per heavy atom. The van der Waals surface area contributed by atoms with E-state index in [9.17, 15) is 5.11 Å². The van der Waals surface area contributed by atoms with E-state index in [4.69, 9.17) is 11.7 Å². The zero-order valence-electron chi connectivity index (χ0n) is 7.99. The molecule has 1 aromatic rings. The molecule has 1 rings (SSSR count). The summed E-state index contributed by atoms with van der Waals surface area (Å²) < 4.78 is 0. The predicted molar refractivity (Wildman–Crippen MR) is 54.3 cm³/mol. The van der Waals surface area contributed by atoms with Crippen LogP contribution in [0.2, 0.25) is 0 Å². The van der Waals surface area contributed by atoms with Crippen molar-refractivity contribution in [2.75, 3.05) is 0 Å². The molecule has 0 amide bonds. The third-order valence-corrected chi connectivity index (χ3v) is 1.98. The number of hydrogen-bond acceptors (Lipinski definition) is 2. The molecule has 0 aliphatic carbocycles. The molecule has 0 heterocycles. The molecular formula is C12H11NO. The molecule has 0 saturated carbocycles. The highest BCUT2D eigenvalue weighted by Gasteiger charge is 2.18. The number of terminal acetylenes is 1. The van der Waals surface area contributed by atoms with Gasteiger partial charge in [-0.15, -0.1) is 6.42 Å². The van der Waals surface area contributed by atoms with Gasteiger partial charge in [0.2, 0.25) is 0 Å². The summed E-state index contributed by atoms with van der Waals surface area (Å²) in [6.07, 6.45) is 5.46. The third kappa shape index (κ3) is 2.36. The molecule has 2 nitrogen and oxygen atoms in total. The van der Waals surface area contributed by atoms with Crippen molar-refractivity contribution >= 4 is 0 Å². The smallest absolute Gasteiger partial charge is 0.126 e. The molecule has 1 atom stereocenters. The molecule has 0 aliphatic rings. The van der Waals surface area contributed by atoms with E-state index >= 15 is 0 Å². The standard InChI is InChI=1S/C12H11NO/c1-3-12(2,14)8-10-6-4-5-7-11(10)9-13/h1,4-7,14H,8H2,2H3. The lowest BCUT2D eigenvalue weighted by molar-refractivity contribution is 0.123. The van der Waals surface area contributed by atoms with E-state index in [-0.39, 0.29) is 0 Å². The minimum atomic E-state index is -1.19. The van der Waals surface area contributed by atoms with Crippen molar-refractivity contribution in [3.63, 3.8) is 0 Å². The molecule has 70 valence electrons. The van der Waals surface area contributed by atoms with E-state index in [1.807, 2.05) is 6.07 Å². The van der Waals surface area contributed by atoms with Gasteiger partial charge < -0.3 is 5.11 Å². The Balaban J connectivity index is 3.00. The first kappa shape index (κ1) is 10.3. The average Bonchev–Trinajstić information content (AvgIpc) is 2.18. The lowest BCUT2D eigenvalue weighted by atomic mass is 9.94. The van der Waals surface area contributed by atoms with E-state index in [1.165, 1.54) is 0 Å². The van der Waals surface area contributed by atoms with Crippen molar-refractivity contribution in [1.82, 2.24) is 0 Å². The maximum absolute atomic E-state index is 9.65. The molecule has 14 heavy (non-hydrogen) atoms. The second-order valence-electron chi connectivity index (χ2n) is 3.36. The van der Waals surface area contributed by atoms with Gasteiger partial charge in [-0.05, 0) is 18.6 Å². The van der Waals surface area contributed by atoms with Gasteiger partial charge in [0.25, 0.3) is 0 Å². The van der Waals surface area contributed by atoms with Crippen LogP contribution in [0.1, 0.15) is 18.1 Å². The van der Waals surface area contributed by atoms with E-state index in [1.54, 1.807) is 25.1 Å². The molecule has 1 unspecified atom stereocenters. The Kier molecular flexibility index (Phi) is 2.92. The molecule has 0 spiro atoms. The van der Waals surface area contributed by atoms with Crippen molar-refractivity contribution in [2.24, 2.45) is 0 Å². The summed E-state index contributed by atoms with van der Waals surface area (Å²) in [6.45, 7) is 1.56. The van der Waals surface area contributed by atoms with E-state index in [0.29, 0.717) is 12.0 Å². The Bertz CT molecular complexity index is 407. The second-order valence-corrected chi connectivity index (χ2v) is 3.36. The maximum Gasteiger partial charge on any atom is 0.126 e. The number of benzene rings is 1. The van der Waals surface area contributed by atoms with E-state index < -0.39 is 5.60 Å². The number of rotatable bonds is 2. The number of nitrogens with zero attached hydrogens (tertiary/aromatic N) is 1.